The van der Waals surface area contributed by atoms with Gasteiger partial charge in [-0.05, 0) is 72.8 Å². The van der Waals surface area contributed by atoms with E-state index in [9.17, 15) is 14.0 Å². The second-order valence-corrected chi connectivity index (χ2v) is 7.53. The number of hydrogen-bond acceptors (Lipinski definition) is 5. The normalized spacial score (nSPS) is 10.7. The third-order valence-electron chi connectivity index (χ3n) is 4.46. The molecule has 0 N–H and O–H groups in total. The molecule has 0 saturated heterocycles. The number of aromatic nitrogens is 3. The Morgan fingerprint density at radius 2 is 1.47 bits per heavy atom. The number of carbonyl (C=O) groups is 2. The fraction of sp³-hybridized carbons (Fsp3) is 0.0435. The largest absolute Gasteiger partial charge is 0.451 e. The van der Waals surface area contributed by atoms with Crippen LogP contribution >= 0.6 is 23.2 Å². The Morgan fingerprint density at radius 1 is 0.875 bits per heavy atom. The lowest BCUT2D eigenvalue weighted by atomic mass is 10.1. The van der Waals surface area contributed by atoms with Crippen molar-refractivity contribution in [2.45, 2.75) is 0 Å². The number of Topliss-reactive ketones (excluding diaryl/α,β-unsaturated/α-hetero) is 1. The van der Waals surface area contributed by atoms with Crippen molar-refractivity contribution in [3.8, 4) is 17.1 Å². The highest BCUT2D eigenvalue weighted by molar-refractivity contribution is 6.31. The van der Waals surface area contributed by atoms with Crippen LogP contribution in [0.25, 0.3) is 17.1 Å². The minimum atomic E-state index is -0.872. The van der Waals surface area contributed by atoms with Crippen molar-refractivity contribution in [1.29, 1.82) is 0 Å². The molecule has 0 aliphatic carbocycles. The minimum absolute atomic E-state index is 0.247. The number of nitrogens with zero attached hydrogens (tertiary/aromatic N) is 3. The number of esters is 1. The molecule has 4 rings (SSSR count). The number of ketones is 1. The molecule has 0 fully saturated rings. The number of halogens is 3. The summed E-state index contributed by atoms with van der Waals surface area (Å²) in [6.45, 7) is -0.484. The van der Waals surface area contributed by atoms with E-state index < -0.39 is 24.2 Å². The Kier molecular flexibility index (Phi) is 6.30. The van der Waals surface area contributed by atoms with Crippen LogP contribution in [0.4, 0.5) is 4.39 Å². The van der Waals surface area contributed by atoms with Crippen molar-refractivity contribution in [3.05, 3.63) is 100 Å². The zero-order valence-corrected chi connectivity index (χ0v) is 17.8. The van der Waals surface area contributed by atoms with Crippen LogP contribution in [0.15, 0.2) is 72.8 Å². The van der Waals surface area contributed by atoms with Gasteiger partial charge in [0.25, 0.3) is 5.82 Å². The first-order chi connectivity index (χ1) is 15.4. The molecule has 0 bridgehead atoms. The van der Waals surface area contributed by atoms with Gasteiger partial charge in [0.1, 0.15) is 5.82 Å². The Hall–Kier alpha value is -3.55. The first-order valence-electron chi connectivity index (χ1n) is 9.35. The standard InChI is InChI=1S/C23H14Cl2FN3O3/c24-16-5-1-14(2-6-16)20(30)13-32-23(31)21-27-22(15-3-7-17(25)8-4-15)29(28-21)19-11-9-18(26)10-12-19/h1-12H,13H2. The van der Waals surface area contributed by atoms with Crippen molar-refractivity contribution < 1.29 is 18.7 Å². The third kappa shape index (κ3) is 4.85. The molecule has 6 nitrogen and oxygen atoms in total. The van der Waals surface area contributed by atoms with Crippen molar-refractivity contribution in [3.63, 3.8) is 0 Å². The highest BCUT2D eigenvalue weighted by Gasteiger charge is 2.21. The van der Waals surface area contributed by atoms with Crippen LogP contribution in [-0.4, -0.2) is 33.1 Å². The maximum Gasteiger partial charge on any atom is 0.378 e. The monoisotopic (exact) mass is 469 g/mol. The lowest BCUT2D eigenvalue weighted by molar-refractivity contribution is 0.0462. The van der Waals surface area contributed by atoms with Crippen LogP contribution in [0.3, 0.4) is 0 Å². The maximum absolute atomic E-state index is 13.4. The average molecular weight is 470 g/mol. The van der Waals surface area contributed by atoms with Crippen LogP contribution in [-0.2, 0) is 4.74 Å². The zero-order valence-electron chi connectivity index (χ0n) is 16.3. The van der Waals surface area contributed by atoms with E-state index >= 15 is 0 Å². The number of hydrogen-bond donors (Lipinski definition) is 0. The van der Waals surface area contributed by atoms with E-state index in [0.29, 0.717) is 32.7 Å². The molecular weight excluding hydrogens is 456 g/mol. The Balaban J connectivity index is 1.60. The molecule has 0 amide bonds. The van der Waals surface area contributed by atoms with E-state index in [0.717, 1.165) is 0 Å². The summed E-state index contributed by atoms with van der Waals surface area (Å²) in [6.07, 6.45) is 0. The summed E-state index contributed by atoms with van der Waals surface area (Å²) in [5.41, 5.74) is 1.47. The summed E-state index contributed by atoms with van der Waals surface area (Å²) in [6, 6.07) is 18.5. The summed E-state index contributed by atoms with van der Waals surface area (Å²) in [5, 5.41) is 5.24. The number of ether oxygens (including phenoxy) is 1. The highest BCUT2D eigenvalue weighted by Crippen LogP contribution is 2.23. The molecule has 1 heterocycles. The lowest BCUT2D eigenvalue weighted by Gasteiger charge is -2.06. The van der Waals surface area contributed by atoms with Crippen LogP contribution in [0.5, 0.6) is 0 Å². The van der Waals surface area contributed by atoms with Crippen molar-refractivity contribution in [2.24, 2.45) is 0 Å². The van der Waals surface area contributed by atoms with Crippen LogP contribution in [0.1, 0.15) is 21.0 Å². The molecule has 0 atom stereocenters. The van der Waals surface area contributed by atoms with E-state index in [1.165, 1.54) is 28.9 Å². The van der Waals surface area contributed by atoms with Gasteiger partial charge in [-0.25, -0.2) is 18.9 Å². The fourth-order valence-electron chi connectivity index (χ4n) is 2.86. The van der Waals surface area contributed by atoms with Gasteiger partial charge in [0, 0.05) is 21.2 Å². The summed E-state index contributed by atoms with van der Waals surface area (Å²) < 4.78 is 19.9. The second kappa shape index (κ2) is 9.30. The van der Waals surface area contributed by atoms with Gasteiger partial charge in [-0.15, -0.1) is 5.10 Å². The molecule has 160 valence electrons. The fourth-order valence-corrected chi connectivity index (χ4v) is 3.11. The first kappa shape index (κ1) is 21.7. The van der Waals surface area contributed by atoms with Crippen molar-refractivity contribution >= 4 is 35.0 Å². The van der Waals surface area contributed by atoms with Gasteiger partial charge in [0.05, 0.1) is 5.69 Å². The summed E-state index contributed by atoms with van der Waals surface area (Å²) in [4.78, 5) is 29.1. The van der Waals surface area contributed by atoms with E-state index in [1.807, 2.05) is 0 Å². The molecule has 4 aromatic rings. The van der Waals surface area contributed by atoms with Crippen LogP contribution < -0.4 is 0 Å². The number of carbonyl (C=O) groups excluding carboxylic acids is 2. The van der Waals surface area contributed by atoms with Gasteiger partial charge in [0.2, 0.25) is 0 Å². The van der Waals surface area contributed by atoms with Crippen molar-refractivity contribution in [2.75, 3.05) is 6.61 Å². The molecule has 0 saturated carbocycles. The quantitative estimate of drug-likeness (QED) is 0.278. The Morgan fingerprint density at radius 3 is 2.09 bits per heavy atom. The summed E-state index contributed by atoms with van der Waals surface area (Å²) >= 11 is 11.8. The molecule has 32 heavy (non-hydrogen) atoms. The van der Waals surface area contributed by atoms with E-state index in [2.05, 4.69) is 10.1 Å². The first-order valence-corrected chi connectivity index (χ1v) is 10.1. The second-order valence-electron chi connectivity index (χ2n) is 6.66. The van der Waals surface area contributed by atoms with Crippen molar-refractivity contribution in [1.82, 2.24) is 14.8 Å². The maximum atomic E-state index is 13.4. The van der Waals surface area contributed by atoms with Gasteiger partial charge in [-0.1, -0.05) is 23.2 Å². The summed E-state index contributed by atoms with van der Waals surface area (Å²) in [7, 11) is 0. The van der Waals surface area contributed by atoms with Gasteiger partial charge < -0.3 is 4.74 Å². The molecule has 3 aromatic carbocycles. The Bertz CT molecular complexity index is 1210. The zero-order chi connectivity index (χ0) is 22.7. The molecule has 0 unspecified atom stereocenters. The predicted octanol–water partition coefficient (Wildman–Crippen LogP) is 5.42. The SMILES string of the molecule is O=C(COC(=O)c1nc(-c2ccc(Cl)cc2)n(-c2ccc(F)cc2)n1)c1ccc(Cl)cc1. The molecule has 9 heteroatoms. The van der Waals surface area contributed by atoms with E-state index in [1.54, 1.807) is 48.5 Å². The molecular formula is C23H14Cl2FN3O3. The lowest BCUT2D eigenvalue weighted by Crippen LogP contribution is -2.15. The van der Waals surface area contributed by atoms with E-state index in [4.69, 9.17) is 27.9 Å². The minimum Gasteiger partial charge on any atom is -0.451 e. The molecule has 0 radical (unpaired) electrons. The Labute approximate surface area is 192 Å². The van der Waals surface area contributed by atoms with Gasteiger partial charge in [-0.3, -0.25) is 4.79 Å². The number of benzene rings is 3. The topological polar surface area (TPSA) is 74.1 Å². The van der Waals surface area contributed by atoms with Gasteiger partial charge in [-0.2, -0.15) is 0 Å². The van der Waals surface area contributed by atoms with Crippen LogP contribution in [0.2, 0.25) is 10.0 Å². The van der Waals surface area contributed by atoms with E-state index in [-0.39, 0.29) is 5.82 Å². The average Bonchev–Trinajstić information content (AvgIpc) is 3.24. The van der Waals surface area contributed by atoms with Gasteiger partial charge in [0.15, 0.2) is 18.2 Å². The summed E-state index contributed by atoms with van der Waals surface area (Å²) in [5.74, 6) is -1.61. The molecule has 0 aliphatic heterocycles. The number of rotatable bonds is 6. The molecule has 0 spiro atoms. The predicted molar refractivity (Wildman–Crippen MR) is 118 cm³/mol. The third-order valence-corrected chi connectivity index (χ3v) is 4.97. The van der Waals surface area contributed by atoms with Gasteiger partial charge >= 0.3 is 5.97 Å². The van der Waals surface area contributed by atoms with Crippen LogP contribution in [0, 0.1) is 5.82 Å². The smallest absolute Gasteiger partial charge is 0.378 e. The molecule has 1 aromatic heterocycles. The highest BCUT2D eigenvalue weighted by atomic mass is 35.5. The molecule has 0 aliphatic rings.